The van der Waals surface area contributed by atoms with Gasteiger partial charge in [0, 0.05) is 22.2 Å². The number of nitrogens with zero attached hydrogens (tertiary/aromatic N) is 2. The predicted molar refractivity (Wildman–Crippen MR) is 93.9 cm³/mol. The quantitative estimate of drug-likeness (QED) is 0.766. The molecule has 2 N–H and O–H groups in total. The largest absolute Gasteiger partial charge is 0.345 e. The molecule has 1 amide bonds. The van der Waals surface area contributed by atoms with Crippen molar-refractivity contribution in [3.63, 3.8) is 0 Å². The highest BCUT2D eigenvalue weighted by Gasteiger charge is 2.21. The van der Waals surface area contributed by atoms with Crippen molar-refractivity contribution in [1.29, 1.82) is 0 Å². The van der Waals surface area contributed by atoms with Gasteiger partial charge < -0.3 is 5.32 Å². The lowest BCUT2D eigenvalue weighted by molar-refractivity contribution is 0.0944. The molecule has 6 heteroatoms. The first-order valence-corrected chi connectivity index (χ1v) is 9.03. The van der Waals surface area contributed by atoms with Crippen LogP contribution in [0.5, 0.6) is 0 Å². The summed E-state index contributed by atoms with van der Waals surface area (Å²) in [5.41, 5.74) is 4.72. The average Bonchev–Trinajstić information content (AvgIpc) is 3.27. The second kappa shape index (κ2) is 6.57. The van der Waals surface area contributed by atoms with Crippen molar-refractivity contribution < 1.29 is 4.79 Å². The van der Waals surface area contributed by atoms with Crippen LogP contribution in [0, 0.1) is 0 Å². The van der Waals surface area contributed by atoms with Gasteiger partial charge in [-0.1, -0.05) is 30.3 Å². The van der Waals surface area contributed by atoms with Crippen LogP contribution >= 0.6 is 11.3 Å². The Morgan fingerprint density at radius 1 is 1.21 bits per heavy atom. The van der Waals surface area contributed by atoms with E-state index >= 15 is 0 Å². The number of thiazole rings is 1. The Hall–Kier alpha value is -2.47. The Morgan fingerprint density at radius 2 is 2.04 bits per heavy atom. The van der Waals surface area contributed by atoms with Crippen molar-refractivity contribution in [2.45, 2.75) is 32.2 Å². The Bertz CT molecular complexity index is 853. The van der Waals surface area contributed by atoms with Crippen LogP contribution in [-0.2, 0) is 19.4 Å². The highest BCUT2D eigenvalue weighted by Crippen LogP contribution is 2.24. The Kier molecular flexibility index (Phi) is 4.13. The highest BCUT2D eigenvalue weighted by atomic mass is 32.1. The third kappa shape index (κ3) is 2.97. The molecule has 0 fully saturated rings. The second-order valence-electron chi connectivity index (χ2n) is 5.93. The number of rotatable bonds is 4. The number of carbonyl (C=O) groups excluding carboxylic acids is 1. The summed E-state index contributed by atoms with van der Waals surface area (Å²) in [6.07, 6.45) is 4.21. The van der Waals surface area contributed by atoms with Crippen LogP contribution < -0.4 is 5.32 Å². The first-order chi connectivity index (χ1) is 11.8. The summed E-state index contributed by atoms with van der Waals surface area (Å²) in [4.78, 5) is 17.0. The third-order valence-corrected chi connectivity index (χ3v) is 5.21. The normalized spacial score (nSPS) is 13.5. The fraction of sp³-hybridized carbons (Fsp3) is 0.278. The van der Waals surface area contributed by atoms with Gasteiger partial charge in [-0.15, -0.1) is 11.3 Å². The van der Waals surface area contributed by atoms with Crippen LogP contribution in [-0.4, -0.2) is 21.1 Å². The Balaban J connectivity index is 1.43. The van der Waals surface area contributed by atoms with Gasteiger partial charge in [-0.25, -0.2) is 4.98 Å². The van der Waals surface area contributed by atoms with E-state index in [4.69, 9.17) is 0 Å². The zero-order valence-corrected chi connectivity index (χ0v) is 14.0. The van der Waals surface area contributed by atoms with E-state index in [0.717, 1.165) is 53.2 Å². The number of aromatic amines is 1. The first kappa shape index (κ1) is 15.1. The van der Waals surface area contributed by atoms with Crippen molar-refractivity contribution in [3.05, 3.63) is 58.4 Å². The highest BCUT2D eigenvalue weighted by molar-refractivity contribution is 7.13. The van der Waals surface area contributed by atoms with Crippen LogP contribution in [0.15, 0.2) is 35.7 Å². The van der Waals surface area contributed by atoms with Gasteiger partial charge in [0.15, 0.2) is 5.69 Å². The van der Waals surface area contributed by atoms with Crippen LogP contribution in [0.2, 0.25) is 0 Å². The van der Waals surface area contributed by atoms with Gasteiger partial charge in [0.1, 0.15) is 5.01 Å². The fourth-order valence-electron chi connectivity index (χ4n) is 3.02. The number of aromatic nitrogens is 3. The zero-order valence-electron chi connectivity index (χ0n) is 13.2. The molecular weight excluding hydrogens is 320 g/mol. The maximum Gasteiger partial charge on any atom is 0.272 e. The molecule has 1 aliphatic rings. The molecule has 0 saturated carbocycles. The van der Waals surface area contributed by atoms with Gasteiger partial charge in [-0.3, -0.25) is 9.89 Å². The number of nitrogens with one attached hydrogen (secondary N) is 2. The summed E-state index contributed by atoms with van der Waals surface area (Å²) in [7, 11) is 0. The molecule has 4 rings (SSSR count). The van der Waals surface area contributed by atoms with Gasteiger partial charge in [0.05, 0.1) is 12.2 Å². The van der Waals surface area contributed by atoms with Crippen molar-refractivity contribution in [1.82, 2.24) is 20.5 Å². The topological polar surface area (TPSA) is 70.7 Å². The fourth-order valence-corrected chi connectivity index (χ4v) is 3.85. The molecule has 1 aliphatic carbocycles. The molecule has 0 atom stereocenters. The maximum atomic E-state index is 12.4. The van der Waals surface area contributed by atoms with E-state index in [1.807, 2.05) is 35.7 Å². The smallest absolute Gasteiger partial charge is 0.272 e. The van der Waals surface area contributed by atoms with E-state index in [1.54, 1.807) is 11.3 Å². The molecule has 2 heterocycles. The Labute approximate surface area is 144 Å². The number of aryl methyl sites for hydroxylation is 1. The minimum absolute atomic E-state index is 0.122. The van der Waals surface area contributed by atoms with E-state index in [9.17, 15) is 4.79 Å². The van der Waals surface area contributed by atoms with Gasteiger partial charge in [0.2, 0.25) is 0 Å². The van der Waals surface area contributed by atoms with Crippen molar-refractivity contribution in [3.8, 4) is 10.6 Å². The summed E-state index contributed by atoms with van der Waals surface area (Å²) in [5.74, 6) is -0.122. The lowest BCUT2D eigenvalue weighted by Crippen LogP contribution is -2.24. The first-order valence-electron chi connectivity index (χ1n) is 8.15. The number of fused-ring (bicyclic) bond motifs is 1. The Morgan fingerprint density at radius 3 is 2.92 bits per heavy atom. The maximum absolute atomic E-state index is 12.4. The molecule has 2 aromatic heterocycles. The summed E-state index contributed by atoms with van der Waals surface area (Å²) < 4.78 is 0. The van der Waals surface area contributed by atoms with Crippen LogP contribution in [0.25, 0.3) is 10.6 Å². The standard InChI is InChI=1S/C18H18N4OS/c23-17(16-14-8-4-5-9-15(14)21-22-16)19-10-13-11-24-18(20-13)12-6-2-1-3-7-12/h1-3,6-7,11H,4-5,8-10H2,(H,19,23)(H,21,22). The van der Waals surface area contributed by atoms with E-state index < -0.39 is 0 Å². The van der Waals surface area contributed by atoms with Gasteiger partial charge in [0.25, 0.3) is 5.91 Å². The minimum Gasteiger partial charge on any atom is -0.345 e. The lowest BCUT2D eigenvalue weighted by atomic mass is 9.96. The third-order valence-electron chi connectivity index (χ3n) is 4.27. The van der Waals surface area contributed by atoms with E-state index in [2.05, 4.69) is 20.5 Å². The number of amides is 1. The van der Waals surface area contributed by atoms with Crippen LogP contribution in [0.3, 0.4) is 0 Å². The molecule has 24 heavy (non-hydrogen) atoms. The van der Waals surface area contributed by atoms with Crippen LogP contribution in [0.4, 0.5) is 0 Å². The van der Waals surface area contributed by atoms with Gasteiger partial charge >= 0.3 is 0 Å². The number of benzene rings is 1. The molecule has 0 aliphatic heterocycles. The van der Waals surface area contributed by atoms with Crippen LogP contribution in [0.1, 0.15) is 40.3 Å². The second-order valence-corrected chi connectivity index (χ2v) is 6.79. The summed E-state index contributed by atoms with van der Waals surface area (Å²) in [6, 6.07) is 10.1. The van der Waals surface area contributed by atoms with Gasteiger partial charge in [-0.2, -0.15) is 5.10 Å². The molecule has 5 nitrogen and oxygen atoms in total. The number of carbonyl (C=O) groups is 1. The lowest BCUT2D eigenvalue weighted by Gasteiger charge is -2.10. The zero-order chi connectivity index (χ0) is 16.4. The minimum atomic E-state index is -0.122. The van der Waals surface area contributed by atoms with Crippen molar-refractivity contribution in [2.24, 2.45) is 0 Å². The molecule has 0 spiro atoms. The predicted octanol–water partition coefficient (Wildman–Crippen LogP) is 3.34. The SMILES string of the molecule is O=C(NCc1csc(-c2ccccc2)n1)c1n[nH]c2c1CCCC2. The van der Waals surface area contributed by atoms with E-state index in [0.29, 0.717) is 12.2 Å². The van der Waals surface area contributed by atoms with E-state index in [-0.39, 0.29) is 5.91 Å². The van der Waals surface area contributed by atoms with Crippen molar-refractivity contribution in [2.75, 3.05) is 0 Å². The number of H-pyrrole nitrogens is 1. The molecular formula is C18H18N4OS. The molecule has 122 valence electrons. The molecule has 0 radical (unpaired) electrons. The van der Waals surface area contributed by atoms with Crippen molar-refractivity contribution >= 4 is 17.2 Å². The molecule has 1 aromatic carbocycles. The monoisotopic (exact) mass is 338 g/mol. The van der Waals surface area contributed by atoms with E-state index in [1.165, 1.54) is 0 Å². The summed E-state index contributed by atoms with van der Waals surface area (Å²) >= 11 is 1.59. The number of hydrogen-bond acceptors (Lipinski definition) is 4. The molecule has 0 bridgehead atoms. The molecule has 3 aromatic rings. The summed E-state index contributed by atoms with van der Waals surface area (Å²) in [6.45, 7) is 0.420. The molecule has 0 unspecified atom stereocenters. The average molecular weight is 338 g/mol. The van der Waals surface area contributed by atoms with Gasteiger partial charge in [-0.05, 0) is 25.7 Å². The number of hydrogen-bond donors (Lipinski definition) is 2. The summed E-state index contributed by atoms with van der Waals surface area (Å²) in [5, 5.41) is 13.1. The molecule has 0 saturated heterocycles.